The SMILES string of the molecule is O=C(NOc1cccc(Cl)c1)Oc1ccccc1. The molecule has 0 spiro atoms. The molecule has 0 unspecified atom stereocenters. The molecule has 0 atom stereocenters. The predicted molar refractivity (Wildman–Crippen MR) is 67.7 cm³/mol. The molecule has 0 aromatic heterocycles. The molecule has 1 N–H and O–H groups in total. The zero-order valence-corrected chi connectivity index (χ0v) is 10.1. The quantitative estimate of drug-likeness (QED) is 0.863. The van der Waals surface area contributed by atoms with Gasteiger partial charge in [0.25, 0.3) is 0 Å². The van der Waals surface area contributed by atoms with E-state index in [0.717, 1.165) is 0 Å². The summed E-state index contributed by atoms with van der Waals surface area (Å²) < 4.78 is 4.96. The second-order valence-electron chi connectivity index (χ2n) is 3.36. The van der Waals surface area contributed by atoms with Crippen molar-refractivity contribution < 1.29 is 14.4 Å². The summed E-state index contributed by atoms with van der Waals surface area (Å²) in [6.07, 6.45) is -0.707. The number of para-hydroxylation sites is 1. The smallest absolute Gasteiger partial charge is 0.408 e. The molecule has 18 heavy (non-hydrogen) atoms. The minimum atomic E-state index is -0.707. The molecule has 2 aromatic rings. The number of benzene rings is 2. The maximum atomic E-state index is 11.4. The average Bonchev–Trinajstić information content (AvgIpc) is 2.38. The third-order valence-corrected chi connectivity index (χ3v) is 2.24. The van der Waals surface area contributed by atoms with Gasteiger partial charge in [0.2, 0.25) is 0 Å². The van der Waals surface area contributed by atoms with Crippen LogP contribution in [0.3, 0.4) is 0 Å². The maximum absolute atomic E-state index is 11.4. The minimum absolute atomic E-state index is 0.424. The van der Waals surface area contributed by atoms with Crippen LogP contribution in [0.5, 0.6) is 11.5 Å². The molecule has 2 aromatic carbocycles. The van der Waals surface area contributed by atoms with Crippen LogP contribution in [0.15, 0.2) is 54.6 Å². The van der Waals surface area contributed by atoms with Crippen LogP contribution < -0.4 is 15.1 Å². The Morgan fingerprint density at radius 3 is 2.44 bits per heavy atom. The number of rotatable bonds is 3. The summed E-state index contributed by atoms with van der Waals surface area (Å²) in [5, 5.41) is 0.519. The molecule has 0 saturated heterocycles. The summed E-state index contributed by atoms with van der Waals surface area (Å²) in [5.74, 6) is 0.859. The Kier molecular flexibility index (Phi) is 4.04. The first-order chi connectivity index (χ1) is 8.74. The molecule has 2 rings (SSSR count). The lowest BCUT2D eigenvalue weighted by Crippen LogP contribution is -2.29. The highest BCUT2D eigenvalue weighted by Gasteiger charge is 2.04. The molecule has 4 nitrogen and oxygen atoms in total. The van der Waals surface area contributed by atoms with Gasteiger partial charge in [-0.3, -0.25) is 0 Å². The summed E-state index contributed by atoms with van der Waals surface area (Å²) in [7, 11) is 0. The molecule has 92 valence electrons. The van der Waals surface area contributed by atoms with Crippen molar-refractivity contribution in [3.8, 4) is 11.5 Å². The maximum Gasteiger partial charge on any atom is 0.446 e. The number of carbonyl (C=O) groups is 1. The molecule has 5 heteroatoms. The highest BCUT2D eigenvalue weighted by Crippen LogP contribution is 2.16. The van der Waals surface area contributed by atoms with E-state index in [9.17, 15) is 4.79 Å². The third kappa shape index (κ3) is 3.68. The first-order valence-electron chi connectivity index (χ1n) is 5.19. The molecule has 0 saturated carbocycles. The van der Waals surface area contributed by atoms with Gasteiger partial charge in [0.05, 0.1) is 0 Å². The van der Waals surface area contributed by atoms with Gasteiger partial charge in [-0.05, 0) is 24.3 Å². The van der Waals surface area contributed by atoms with Crippen LogP contribution in [0.1, 0.15) is 0 Å². The minimum Gasteiger partial charge on any atom is -0.408 e. The van der Waals surface area contributed by atoms with E-state index in [1.54, 1.807) is 48.5 Å². The summed E-state index contributed by atoms with van der Waals surface area (Å²) in [6, 6.07) is 15.3. The van der Waals surface area contributed by atoms with Gasteiger partial charge in [-0.25, -0.2) is 4.79 Å². The normalized spacial score (nSPS) is 9.61. The molecule has 0 heterocycles. The van der Waals surface area contributed by atoms with Gasteiger partial charge in [0.1, 0.15) is 5.75 Å². The van der Waals surface area contributed by atoms with Crippen LogP contribution in [0.25, 0.3) is 0 Å². The van der Waals surface area contributed by atoms with E-state index in [1.165, 1.54) is 0 Å². The van der Waals surface area contributed by atoms with Crippen molar-refractivity contribution in [2.45, 2.75) is 0 Å². The number of hydrogen-bond donors (Lipinski definition) is 1. The zero-order chi connectivity index (χ0) is 12.8. The molecular formula is C13H10ClNO3. The Balaban J connectivity index is 1.85. The fourth-order valence-electron chi connectivity index (χ4n) is 1.25. The molecule has 0 fully saturated rings. The largest absolute Gasteiger partial charge is 0.446 e. The summed E-state index contributed by atoms with van der Waals surface area (Å²) >= 11 is 5.77. The number of nitrogens with one attached hydrogen (secondary N) is 1. The number of amides is 1. The lowest BCUT2D eigenvalue weighted by molar-refractivity contribution is 0.141. The van der Waals surface area contributed by atoms with Crippen LogP contribution in [-0.2, 0) is 0 Å². The Labute approximate surface area is 109 Å². The molecule has 0 aliphatic carbocycles. The third-order valence-electron chi connectivity index (χ3n) is 2.00. The van der Waals surface area contributed by atoms with E-state index in [1.807, 2.05) is 6.07 Å². The number of carbonyl (C=O) groups excluding carboxylic acids is 1. The van der Waals surface area contributed by atoms with Gasteiger partial charge in [-0.2, -0.15) is 5.48 Å². The summed E-state index contributed by atoms with van der Waals surface area (Å²) in [5.41, 5.74) is 2.15. The van der Waals surface area contributed by atoms with Gasteiger partial charge < -0.3 is 9.57 Å². The highest BCUT2D eigenvalue weighted by molar-refractivity contribution is 6.30. The van der Waals surface area contributed by atoms with Crippen LogP contribution in [0.2, 0.25) is 5.02 Å². The fraction of sp³-hybridized carbons (Fsp3) is 0. The molecule has 0 aliphatic heterocycles. The second kappa shape index (κ2) is 5.93. The Hall–Kier alpha value is -2.20. The van der Waals surface area contributed by atoms with Crippen LogP contribution in [-0.4, -0.2) is 6.09 Å². The Bertz CT molecular complexity index is 531. The standard InChI is InChI=1S/C13H10ClNO3/c14-10-5-4-8-12(9-10)18-15-13(16)17-11-6-2-1-3-7-11/h1-9H,(H,15,16). The Morgan fingerprint density at radius 2 is 1.72 bits per heavy atom. The van der Waals surface area contributed by atoms with Crippen molar-refractivity contribution in [2.24, 2.45) is 0 Å². The number of ether oxygens (including phenoxy) is 1. The molecule has 1 amide bonds. The van der Waals surface area contributed by atoms with Crippen molar-refractivity contribution in [3.05, 3.63) is 59.6 Å². The van der Waals surface area contributed by atoms with E-state index in [2.05, 4.69) is 5.48 Å². The van der Waals surface area contributed by atoms with Crippen molar-refractivity contribution in [2.75, 3.05) is 0 Å². The van der Waals surface area contributed by atoms with Gasteiger partial charge in [0, 0.05) is 11.1 Å². The van der Waals surface area contributed by atoms with Crippen molar-refractivity contribution in [1.82, 2.24) is 5.48 Å². The van der Waals surface area contributed by atoms with Crippen molar-refractivity contribution in [3.63, 3.8) is 0 Å². The van der Waals surface area contributed by atoms with E-state index in [-0.39, 0.29) is 0 Å². The van der Waals surface area contributed by atoms with Gasteiger partial charge in [0.15, 0.2) is 5.75 Å². The number of hydroxylamine groups is 1. The van der Waals surface area contributed by atoms with Gasteiger partial charge in [-0.15, -0.1) is 0 Å². The van der Waals surface area contributed by atoms with Gasteiger partial charge >= 0.3 is 6.09 Å². The number of hydrogen-bond acceptors (Lipinski definition) is 3. The topological polar surface area (TPSA) is 47.6 Å². The number of halogens is 1. The lowest BCUT2D eigenvalue weighted by Gasteiger charge is -2.07. The first kappa shape index (κ1) is 12.3. The molecule has 0 aliphatic rings. The molecular weight excluding hydrogens is 254 g/mol. The zero-order valence-electron chi connectivity index (χ0n) is 9.30. The monoisotopic (exact) mass is 263 g/mol. The Morgan fingerprint density at radius 1 is 1.00 bits per heavy atom. The molecule has 0 radical (unpaired) electrons. The van der Waals surface area contributed by atoms with Crippen LogP contribution in [0.4, 0.5) is 4.79 Å². The van der Waals surface area contributed by atoms with Crippen molar-refractivity contribution in [1.29, 1.82) is 0 Å². The van der Waals surface area contributed by atoms with Crippen molar-refractivity contribution >= 4 is 17.7 Å². The first-order valence-corrected chi connectivity index (χ1v) is 5.57. The summed E-state index contributed by atoms with van der Waals surface area (Å²) in [4.78, 5) is 16.4. The molecule has 0 bridgehead atoms. The van der Waals surface area contributed by atoms with E-state index in [4.69, 9.17) is 21.2 Å². The summed E-state index contributed by atoms with van der Waals surface area (Å²) in [6.45, 7) is 0. The lowest BCUT2D eigenvalue weighted by atomic mass is 10.3. The van der Waals surface area contributed by atoms with Crippen LogP contribution in [0, 0.1) is 0 Å². The van der Waals surface area contributed by atoms with Crippen LogP contribution >= 0.6 is 11.6 Å². The average molecular weight is 264 g/mol. The second-order valence-corrected chi connectivity index (χ2v) is 3.80. The highest BCUT2D eigenvalue weighted by atomic mass is 35.5. The fourth-order valence-corrected chi connectivity index (χ4v) is 1.43. The van der Waals surface area contributed by atoms with E-state index >= 15 is 0 Å². The predicted octanol–water partition coefficient (Wildman–Crippen LogP) is 3.42. The van der Waals surface area contributed by atoms with Gasteiger partial charge in [-0.1, -0.05) is 35.9 Å². The van der Waals surface area contributed by atoms with E-state index < -0.39 is 6.09 Å². The van der Waals surface area contributed by atoms with E-state index in [0.29, 0.717) is 16.5 Å².